The monoisotopic (exact) mass is 347 g/mol. The first-order valence-electron chi connectivity index (χ1n) is 8.17. The van der Waals surface area contributed by atoms with E-state index in [1.807, 2.05) is 24.3 Å². The summed E-state index contributed by atoms with van der Waals surface area (Å²) in [6.07, 6.45) is 3.47. The molecule has 1 saturated carbocycles. The van der Waals surface area contributed by atoms with E-state index in [9.17, 15) is 4.79 Å². The summed E-state index contributed by atoms with van der Waals surface area (Å²) < 4.78 is 0. The Kier molecular flexibility index (Phi) is 4.14. The number of carbonyl (C=O) groups is 1. The molecule has 0 radical (unpaired) electrons. The Hall–Kier alpha value is -1.36. The third-order valence-corrected chi connectivity index (χ3v) is 5.97. The summed E-state index contributed by atoms with van der Waals surface area (Å²) in [4.78, 5) is 16.2. The third kappa shape index (κ3) is 3.16. The van der Waals surface area contributed by atoms with Crippen LogP contribution in [0, 0.1) is 0 Å². The van der Waals surface area contributed by atoms with Gasteiger partial charge in [0, 0.05) is 29.3 Å². The highest BCUT2D eigenvalue weighted by Gasteiger charge is 2.34. The van der Waals surface area contributed by atoms with Crippen molar-refractivity contribution < 1.29 is 10.1 Å². The zero-order valence-corrected chi connectivity index (χ0v) is 14.4. The first-order chi connectivity index (χ1) is 11.2. The molecule has 1 atom stereocenters. The smallest absolute Gasteiger partial charge is 0.278 e. The molecule has 2 aromatic rings. The van der Waals surface area contributed by atoms with Gasteiger partial charge in [-0.2, -0.15) is 0 Å². The first-order valence-corrected chi connectivity index (χ1v) is 9.42. The lowest BCUT2D eigenvalue weighted by molar-refractivity contribution is -0.658. The quantitative estimate of drug-likeness (QED) is 0.906. The first kappa shape index (κ1) is 15.2. The summed E-state index contributed by atoms with van der Waals surface area (Å²) >= 11 is 7.83. The number of quaternary nitrogens is 1. The van der Waals surface area contributed by atoms with Crippen molar-refractivity contribution in [2.24, 2.45) is 0 Å². The van der Waals surface area contributed by atoms with E-state index in [1.165, 1.54) is 23.3 Å². The van der Waals surface area contributed by atoms with Gasteiger partial charge >= 0.3 is 0 Å². The summed E-state index contributed by atoms with van der Waals surface area (Å²) in [5.41, 5.74) is 2.43. The molecule has 1 fully saturated rings. The molecular formula is C18H20ClN2OS+. The Labute approximate surface area is 145 Å². The van der Waals surface area contributed by atoms with Gasteiger partial charge in [0.15, 0.2) is 6.54 Å². The lowest BCUT2D eigenvalue weighted by atomic mass is 9.93. The number of hydrogen-bond donors (Lipinski definition) is 1. The molecule has 5 heteroatoms. The number of rotatable bonds is 4. The lowest BCUT2D eigenvalue weighted by Gasteiger charge is -2.36. The van der Waals surface area contributed by atoms with E-state index in [-0.39, 0.29) is 11.9 Å². The number of carbonyl (C=O) groups excluding carboxylic acids is 1. The molecular weight excluding hydrogens is 328 g/mol. The number of amides is 1. The predicted molar refractivity (Wildman–Crippen MR) is 92.8 cm³/mol. The van der Waals surface area contributed by atoms with E-state index < -0.39 is 0 Å². The molecule has 1 amide bonds. The predicted octanol–water partition coefficient (Wildman–Crippen LogP) is 2.60. The molecule has 1 aliphatic heterocycles. The van der Waals surface area contributed by atoms with Gasteiger partial charge in [-0.25, -0.2) is 0 Å². The number of nitrogens with zero attached hydrogens (tertiary/aromatic N) is 1. The molecule has 1 aromatic carbocycles. The Balaban J connectivity index is 1.63. The van der Waals surface area contributed by atoms with Gasteiger partial charge in [0.2, 0.25) is 0 Å². The number of nitrogens with two attached hydrogens (primary N) is 1. The molecule has 1 aromatic heterocycles. The molecule has 3 nitrogen and oxygen atoms in total. The van der Waals surface area contributed by atoms with Crippen molar-refractivity contribution in [3.63, 3.8) is 0 Å². The topological polar surface area (TPSA) is 36.9 Å². The van der Waals surface area contributed by atoms with Crippen LogP contribution in [0.3, 0.4) is 0 Å². The van der Waals surface area contributed by atoms with Gasteiger partial charge in [0.05, 0.1) is 12.1 Å². The van der Waals surface area contributed by atoms with Crippen molar-refractivity contribution in [2.45, 2.75) is 31.3 Å². The fourth-order valence-corrected chi connectivity index (χ4v) is 4.34. The second kappa shape index (κ2) is 6.27. The molecule has 0 saturated heterocycles. The maximum atomic E-state index is 12.8. The number of benzene rings is 1. The summed E-state index contributed by atoms with van der Waals surface area (Å²) in [5, 5.41) is 5.07. The van der Waals surface area contributed by atoms with Crippen LogP contribution in [0.15, 0.2) is 35.7 Å². The van der Waals surface area contributed by atoms with Crippen molar-refractivity contribution in [3.8, 4) is 0 Å². The van der Waals surface area contributed by atoms with Crippen LogP contribution in [0.4, 0.5) is 0 Å². The number of thiophene rings is 1. The maximum absolute atomic E-state index is 12.8. The Bertz CT molecular complexity index is 708. The Morgan fingerprint density at radius 1 is 1.26 bits per heavy atom. The van der Waals surface area contributed by atoms with Crippen LogP contribution in [-0.2, 0) is 11.2 Å². The summed E-state index contributed by atoms with van der Waals surface area (Å²) in [6, 6.07) is 10.8. The van der Waals surface area contributed by atoms with Gasteiger partial charge in [0.25, 0.3) is 5.91 Å². The average molecular weight is 348 g/mol. The van der Waals surface area contributed by atoms with Crippen LogP contribution in [0.1, 0.15) is 34.9 Å². The van der Waals surface area contributed by atoms with Gasteiger partial charge in [-0.15, -0.1) is 11.3 Å². The Morgan fingerprint density at radius 2 is 2.04 bits per heavy atom. The normalized spacial score (nSPS) is 20.4. The van der Waals surface area contributed by atoms with Gasteiger partial charge in [-0.05, 0) is 41.1 Å². The zero-order chi connectivity index (χ0) is 15.8. The molecule has 4 rings (SSSR count). The van der Waals surface area contributed by atoms with Crippen LogP contribution in [0.25, 0.3) is 0 Å². The second-order valence-corrected chi connectivity index (χ2v) is 7.80. The van der Waals surface area contributed by atoms with Crippen LogP contribution in [0.2, 0.25) is 5.02 Å². The maximum Gasteiger partial charge on any atom is 0.278 e. The van der Waals surface area contributed by atoms with Crippen molar-refractivity contribution in [1.82, 2.24) is 4.90 Å². The highest BCUT2D eigenvalue weighted by Crippen LogP contribution is 2.37. The minimum absolute atomic E-state index is 0.0300. The minimum atomic E-state index is 0.0300. The highest BCUT2D eigenvalue weighted by molar-refractivity contribution is 7.10. The zero-order valence-electron chi connectivity index (χ0n) is 12.9. The van der Waals surface area contributed by atoms with E-state index in [0.717, 1.165) is 23.6 Å². The molecule has 0 spiro atoms. The third-order valence-electron chi connectivity index (χ3n) is 4.72. The average Bonchev–Trinajstić information content (AvgIpc) is 3.27. The number of halogens is 1. The number of fused-ring (bicyclic) bond motifs is 1. The van der Waals surface area contributed by atoms with Gasteiger partial charge in [-0.1, -0.05) is 23.7 Å². The largest absolute Gasteiger partial charge is 0.336 e. The van der Waals surface area contributed by atoms with E-state index in [4.69, 9.17) is 11.6 Å². The molecule has 23 heavy (non-hydrogen) atoms. The molecule has 0 unspecified atom stereocenters. The SMILES string of the molecule is O=C(C[NH2+]C1CC1)N1CCc2sccc2[C@H]1c1ccc(Cl)cc1. The van der Waals surface area contributed by atoms with Crippen molar-refractivity contribution in [2.75, 3.05) is 13.1 Å². The fourth-order valence-electron chi connectivity index (χ4n) is 3.31. The van der Waals surface area contributed by atoms with Crippen LogP contribution in [-0.4, -0.2) is 29.9 Å². The molecule has 0 bridgehead atoms. The van der Waals surface area contributed by atoms with Crippen LogP contribution < -0.4 is 5.32 Å². The van der Waals surface area contributed by atoms with Crippen LogP contribution in [0.5, 0.6) is 0 Å². The van der Waals surface area contributed by atoms with Crippen molar-refractivity contribution in [1.29, 1.82) is 0 Å². The van der Waals surface area contributed by atoms with Gasteiger partial charge < -0.3 is 10.2 Å². The Morgan fingerprint density at radius 3 is 2.78 bits per heavy atom. The second-order valence-electron chi connectivity index (χ2n) is 6.37. The standard InChI is InChI=1S/C18H19ClN2OS/c19-13-3-1-12(2-4-13)18-15-8-10-23-16(15)7-9-21(18)17(22)11-20-14-5-6-14/h1-4,8,10,14,18,20H,5-7,9,11H2/p+1/t18-/m1/s1. The summed E-state index contributed by atoms with van der Waals surface area (Å²) in [5.74, 6) is 0.244. The van der Waals surface area contributed by atoms with Gasteiger partial charge in [0.1, 0.15) is 0 Å². The van der Waals surface area contributed by atoms with Gasteiger partial charge in [-0.3, -0.25) is 4.79 Å². The summed E-state index contributed by atoms with van der Waals surface area (Å²) in [6.45, 7) is 1.37. The van der Waals surface area contributed by atoms with Crippen molar-refractivity contribution >= 4 is 28.8 Å². The summed E-state index contributed by atoms with van der Waals surface area (Å²) in [7, 11) is 0. The van der Waals surface area contributed by atoms with Crippen molar-refractivity contribution in [3.05, 3.63) is 56.7 Å². The van der Waals surface area contributed by atoms with Crippen LogP contribution >= 0.6 is 22.9 Å². The molecule has 2 aliphatic rings. The van der Waals surface area contributed by atoms with E-state index in [1.54, 1.807) is 11.3 Å². The molecule has 2 heterocycles. The molecule has 120 valence electrons. The highest BCUT2D eigenvalue weighted by atomic mass is 35.5. The lowest BCUT2D eigenvalue weighted by Crippen LogP contribution is -2.88. The molecule has 2 N–H and O–H groups in total. The van der Waals surface area contributed by atoms with E-state index >= 15 is 0 Å². The van der Waals surface area contributed by atoms with E-state index in [2.05, 4.69) is 21.7 Å². The minimum Gasteiger partial charge on any atom is -0.336 e. The fraction of sp³-hybridized carbons (Fsp3) is 0.389. The molecule has 1 aliphatic carbocycles. The number of hydrogen-bond acceptors (Lipinski definition) is 2. The van der Waals surface area contributed by atoms with E-state index in [0.29, 0.717) is 12.6 Å².